The molecule has 1 heteroatoms. The SMILES string of the molecule is Cc1cc(C)cc(-c2[nH+]ccc3c2ccc2c(C)c(C)ccc23)c1. The number of hydrogen-bond donors (Lipinski definition) is 0. The molecule has 0 aliphatic carbocycles. The summed E-state index contributed by atoms with van der Waals surface area (Å²) in [6.07, 6.45) is 2.06. The number of aryl methyl sites for hydroxylation is 4. The minimum atomic E-state index is 1.19. The van der Waals surface area contributed by atoms with E-state index in [2.05, 4.69) is 87.4 Å². The molecule has 0 saturated heterocycles. The van der Waals surface area contributed by atoms with E-state index in [1.54, 1.807) is 0 Å². The molecule has 0 fully saturated rings. The van der Waals surface area contributed by atoms with Crippen molar-refractivity contribution in [2.75, 3.05) is 0 Å². The molecule has 0 radical (unpaired) electrons. The summed E-state index contributed by atoms with van der Waals surface area (Å²) in [5.41, 5.74) is 7.75. The van der Waals surface area contributed by atoms with Gasteiger partial charge in [-0.1, -0.05) is 35.4 Å². The minimum absolute atomic E-state index is 1.19. The van der Waals surface area contributed by atoms with E-state index >= 15 is 0 Å². The van der Waals surface area contributed by atoms with E-state index in [1.807, 2.05) is 0 Å². The van der Waals surface area contributed by atoms with E-state index in [9.17, 15) is 0 Å². The maximum Gasteiger partial charge on any atom is 0.218 e. The Balaban J connectivity index is 2.09. The van der Waals surface area contributed by atoms with Crippen LogP contribution in [0.2, 0.25) is 0 Å². The molecule has 0 aliphatic heterocycles. The first-order chi connectivity index (χ1) is 11.5. The smallest absolute Gasteiger partial charge is 0.211 e. The van der Waals surface area contributed by atoms with Gasteiger partial charge in [0, 0.05) is 17.0 Å². The number of hydrogen-bond acceptors (Lipinski definition) is 0. The Morgan fingerprint density at radius 2 is 1.25 bits per heavy atom. The van der Waals surface area contributed by atoms with Gasteiger partial charge in [0.2, 0.25) is 5.69 Å². The first-order valence-corrected chi connectivity index (χ1v) is 8.46. The third kappa shape index (κ3) is 2.28. The van der Waals surface area contributed by atoms with Crippen LogP contribution < -0.4 is 4.98 Å². The lowest BCUT2D eigenvalue weighted by Gasteiger charge is -2.10. The molecule has 0 saturated carbocycles. The molecule has 0 spiro atoms. The van der Waals surface area contributed by atoms with E-state index in [1.165, 1.54) is 55.1 Å². The predicted octanol–water partition coefficient (Wildman–Crippen LogP) is 5.71. The summed E-state index contributed by atoms with van der Waals surface area (Å²) in [6.45, 7) is 8.70. The summed E-state index contributed by atoms with van der Waals surface area (Å²) >= 11 is 0. The fourth-order valence-corrected chi connectivity index (χ4v) is 3.73. The highest BCUT2D eigenvalue weighted by Gasteiger charge is 2.14. The van der Waals surface area contributed by atoms with Crippen LogP contribution in [0.5, 0.6) is 0 Å². The van der Waals surface area contributed by atoms with Gasteiger partial charge in [0.15, 0.2) is 6.20 Å². The first-order valence-electron chi connectivity index (χ1n) is 8.46. The van der Waals surface area contributed by atoms with Gasteiger partial charge in [0.25, 0.3) is 0 Å². The number of aromatic nitrogens is 1. The Morgan fingerprint density at radius 3 is 2.00 bits per heavy atom. The van der Waals surface area contributed by atoms with E-state index < -0.39 is 0 Å². The van der Waals surface area contributed by atoms with Gasteiger partial charge in [-0.05, 0) is 67.8 Å². The maximum absolute atomic E-state index is 3.47. The van der Waals surface area contributed by atoms with Crippen molar-refractivity contribution in [3.05, 3.63) is 77.0 Å². The number of H-pyrrole nitrogens is 1. The highest BCUT2D eigenvalue weighted by Crippen LogP contribution is 2.32. The summed E-state index contributed by atoms with van der Waals surface area (Å²) in [7, 11) is 0. The number of fused-ring (bicyclic) bond motifs is 3. The Bertz CT molecular complexity index is 1070. The third-order valence-electron chi connectivity index (χ3n) is 5.04. The van der Waals surface area contributed by atoms with E-state index in [0.29, 0.717) is 0 Å². The molecule has 0 amide bonds. The summed E-state index contributed by atoms with van der Waals surface area (Å²) in [6, 6.07) is 17.9. The first kappa shape index (κ1) is 14.9. The van der Waals surface area contributed by atoms with Crippen molar-refractivity contribution in [3.63, 3.8) is 0 Å². The van der Waals surface area contributed by atoms with E-state index in [4.69, 9.17) is 0 Å². The molecule has 1 aromatic heterocycles. The van der Waals surface area contributed by atoms with Gasteiger partial charge in [-0.25, -0.2) is 4.98 Å². The average Bonchev–Trinajstić information content (AvgIpc) is 2.56. The van der Waals surface area contributed by atoms with Crippen LogP contribution in [0, 0.1) is 27.7 Å². The van der Waals surface area contributed by atoms with Crippen LogP contribution in [0.15, 0.2) is 54.7 Å². The summed E-state index contributed by atoms with van der Waals surface area (Å²) in [4.78, 5) is 3.47. The Labute approximate surface area is 143 Å². The quantitative estimate of drug-likeness (QED) is 0.400. The van der Waals surface area contributed by atoms with Gasteiger partial charge in [0.1, 0.15) is 0 Å². The van der Waals surface area contributed by atoms with Crippen molar-refractivity contribution >= 4 is 21.5 Å². The molecule has 0 unspecified atom stereocenters. The van der Waals surface area contributed by atoms with Gasteiger partial charge >= 0.3 is 0 Å². The van der Waals surface area contributed by atoms with Crippen LogP contribution in [-0.4, -0.2) is 0 Å². The molecule has 3 aromatic carbocycles. The van der Waals surface area contributed by atoms with Crippen LogP contribution in [0.1, 0.15) is 22.3 Å². The molecule has 1 heterocycles. The second kappa shape index (κ2) is 5.45. The molecule has 4 aromatic rings. The van der Waals surface area contributed by atoms with Crippen LogP contribution >= 0.6 is 0 Å². The normalized spacial score (nSPS) is 11.3. The second-order valence-corrected chi connectivity index (χ2v) is 6.86. The van der Waals surface area contributed by atoms with Gasteiger partial charge < -0.3 is 0 Å². The molecule has 0 aliphatic rings. The van der Waals surface area contributed by atoms with Crippen molar-refractivity contribution < 1.29 is 4.98 Å². The van der Waals surface area contributed by atoms with Crippen molar-refractivity contribution in [2.24, 2.45) is 0 Å². The van der Waals surface area contributed by atoms with Gasteiger partial charge in [-0.2, -0.15) is 0 Å². The number of aromatic amines is 1. The van der Waals surface area contributed by atoms with Gasteiger partial charge in [0.05, 0.1) is 5.39 Å². The maximum atomic E-state index is 3.47. The van der Waals surface area contributed by atoms with Crippen molar-refractivity contribution in [3.8, 4) is 11.3 Å². The standard InChI is InChI=1S/C23H21N/c1-14-11-15(2)13-18(12-14)23-22-8-7-19-17(4)16(3)5-6-20(19)21(22)9-10-24-23/h5-13H,1-4H3/p+1. The topological polar surface area (TPSA) is 14.1 Å². The fraction of sp³-hybridized carbons (Fsp3) is 0.174. The van der Waals surface area contributed by atoms with Gasteiger partial charge in [-0.15, -0.1) is 0 Å². The number of nitrogens with one attached hydrogen (secondary N) is 1. The van der Waals surface area contributed by atoms with Crippen molar-refractivity contribution in [1.82, 2.24) is 0 Å². The molecular formula is C23H22N+. The molecule has 0 atom stereocenters. The molecule has 1 nitrogen and oxygen atoms in total. The average molecular weight is 312 g/mol. The Hall–Kier alpha value is -2.67. The Kier molecular flexibility index (Phi) is 3.38. The monoisotopic (exact) mass is 312 g/mol. The fourth-order valence-electron chi connectivity index (χ4n) is 3.73. The van der Waals surface area contributed by atoms with Crippen molar-refractivity contribution in [2.45, 2.75) is 27.7 Å². The predicted molar refractivity (Wildman–Crippen MR) is 102 cm³/mol. The summed E-state index contributed by atoms with van der Waals surface area (Å²) < 4.78 is 0. The molecule has 118 valence electrons. The molecule has 4 rings (SSSR count). The van der Waals surface area contributed by atoms with Crippen LogP contribution in [-0.2, 0) is 0 Å². The zero-order valence-electron chi connectivity index (χ0n) is 14.7. The molecule has 0 bridgehead atoms. The zero-order valence-corrected chi connectivity index (χ0v) is 14.7. The van der Waals surface area contributed by atoms with Crippen LogP contribution in [0.25, 0.3) is 32.8 Å². The highest BCUT2D eigenvalue weighted by molar-refractivity contribution is 6.11. The zero-order chi connectivity index (χ0) is 16.8. The largest absolute Gasteiger partial charge is 0.218 e. The lowest BCUT2D eigenvalue weighted by atomic mass is 9.94. The number of rotatable bonds is 1. The Morgan fingerprint density at radius 1 is 0.625 bits per heavy atom. The third-order valence-corrected chi connectivity index (χ3v) is 5.04. The highest BCUT2D eigenvalue weighted by atomic mass is 14.7. The summed E-state index contributed by atoms with van der Waals surface area (Å²) in [5.74, 6) is 0. The van der Waals surface area contributed by atoms with Crippen molar-refractivity contribution in [1.29, 1.82) is 0 Å². The van der Waals surface area contributed by atoms with Gasteiger partial charge in [-0.3, -0.25) is 0 Å². The van der Waals surface area contributed by atoms with Crippen LogP contribution in [0.3, 0.4) is 0 Å². The lowest BCUT2D eigenvalue weighted by Crippen LogP contribution is -2.06. The second-order valence-electron chi connectivity index (χ2n) is 6.86. The molecule has 24 heavy (non-hydrogen) atoms. The molecule has 1 N–H and O–H groups in total. The van der Waals surface area contributed by atoms with E-state index in [0.717, 1.165) is 0 Å². The summed E-state index contributed by atoms with van der Waals surface area (Å²) in [5, 5.41) is 5.26. The molecular weight excluding hydrogens is 290 g/mol. The lowest BCUT2D eigenvalue weighted by molar-refractivity contribution is -0.362. The number of pyridine rings is 1. The van der Waals surface area contributed by atoms with Crippen LogP contribution in [0.4, 0.5) is 0 Å². The number of benzene rings is 3. The minimum Gasteiger partial charge on any atom is -0.211 e. The van der Waals surface area contributed by atoms with E-state index in [-0.39, 0.29) is 0 Å².